The molecule has 25 heavy (non-hydrogen) atoms. The van der Waals surface area contributed by atoms with Crippen LogP contribution in [0.15, 0.2) is 57.6 Å². The third-order valence-corrected chi connectivity index (χ3v) is 4.01. The van der Waals surface area contributed by atoms with E-state index in [9.17, 15) is 19.8 Å². The van der Waals surface area contributed by atoms with Gasteiger partial charge in [-0.3, -0.25) is 9.59 Å². The Balaban J connectivity index is 3.02. The summed E-state index contributed by atoms with van der Waals surface area (Å²) >= 11 is 0. The van der Waals surface area contributed by atoms with Crippen LogP contribution in [0, 0.1) is 0 Å². The van der Waals surface area contributed by atoms with Crippen molar-refractivity contribution in [3.05, 3.63) is 57.6 Å². The highest BCUT2D eigenvalue weighted by Gasteiger charge is 2.33. The SMILES string of the molecule is CC(C)=CCC/C(C)=C/CC1=C(O)C(=O)C(=O)C(CC=C(C)C)=C1O. The summed E-state index contributed by atoms with van der Waals surface area (Å²) in [6, 6.07) is 0. The molecule has 0 radical (unpaired) electrons. The third kappa shape index (κ3) is 5.89. The van der Waals surface area contributed by atoms with E-state index in [1.165, 1.54) is 5.57 Å². The van der Waals surface area contributed by atoms with E-state index in [1.807, 2.05) is 40.7 Å². The topological polar surface area (TPSA) is 74.6 Å². The van der Waals surface area contributed by atoms with Crippen LogP contribution in [0.5, 0.6) is 0 Å². The Bertz CT molecular complexity index is 704. The van der Waals surface area contributed by atoms with Crippen molar-refractivity contribution in [3.8, 4) is 0 Å². The van der Waals surface area contributed by atoms with E-state index in [0.717, 1.165) is 24.0 Å². The number of hydrogen-bond acceptors (Lipinski definition) is 4. The lowest BCUT2D eigenvalue weighted by Gasteiger charge is -2.17. The molecule has 0 fully saturated rings. The molecule has 4 nitrogen and oxygen atoms in total. The summed E-state index contributed by atoms with van der Waals surface area (Å²) in [6.07, 6.45) is 7.97. The molecule has 0 saturated heterocycles. The normalized spacial score (nSPS) is 15.6. The lowest BCUT2D eigenvalue weighted by molar-refractivity contribution is -0.134. The minimum Gasteiger partial charge on any atom is -0.507 e. The van der Waals surface area contributed by atoms with Crippen molar-refractivity contribution in [2.24, 2.45) is 0 Å². The second kappa shape index (κ2) is 9.21. The summed E-state index contributed by atoms with van der Waals surface area (Å²) in [7, 11) is 0. The molecule has 0 amide bonds. The van der Waals surface area contributed by atoms with Gasteiger partial charge in [0, 0.05) is 11.1 Å². The zero-order valence-corrected chi connectivity index (χ0v) is 15.8. The minimum absolute atomic E-state index is 0.0506. The van der Waals surface area contributed by atoms with E-state index in [4.69, 9.17) is 0 Å². The highest BCUT2D eigenvalue weighted by molar-refractivity contribution is 6.49. The largest absolute Gasteiger partial charge is 0.507 e. The summed E-state index contributed by atoms with van der Waals surface area (Å²) in [5.41, 5.74) is 3.52. The van der Waals surface area contributed by atoms with Crippen molar-refractivity contribution in [1.82, 2.24) is 0 Å². The molecule has 1 rings (SSSR count). The molecule has 1 aliphatic carbocycles. The van der Waals surface area contributed by atoms with E-state index in [1.54, 1.807) is 6.08 Å². The van der Waals surface area contributed by atoms with Gasteiger partial charge in [0.05, 0.1) is 0 Å². The maximum Gasteiger partial charge on any atom is 0.267 e. The maximum absolute atomic E-state index is 12.0. The first-order valence-corrected chi connectivity index (χ1v) is 8.51. The van der Waals surface area contributed by atoms with Gasteiger partial charge in [0.15, 0.2) is 5.76 Å². The zero-order valence-electron chi connectivity index (χ0n) is 15.8. The van der Waals surface area contributed by atoms with Crippen LogP contribution in [0.4, 0.5) is 0 Å². The van der Waals surface area contributed by atoms with Crippen LogP contribution < -0.4 is 0 Å². The summed E-state index contributed by atoms with van der Waals surface area (Å²) in [5.74, 6) is -2.69. The van der Waals surface area contributed by atoms with Crippen LogP contribution in [0.3, 0.4) is 0 Å². The molecule has 0 aromatic rings. The van der Waals surface area contributed by atoms with E-state index in [0.29, 0.717) is 0 Å². The number of carbonyl (C=O) groups is 2. The molecule has 2 N–H and O–H groups in total. The first-order valence-electron chi connectivity index (χ1n) is 8.51. The molecule has 0 aromatic carbocycles. The van der Waals surface area contributed by atoms with Gasteiger partial charge < -0.3 is 10.2 Å². The highest BCUT2D eigenvalue weighted by atomic mass is 16.3. The lowest BCUT2D eigenvalue weighted by Crippen LogP contribution is -2.26. The fourth-order valence-corrected chi connectivity index (χ4v) is 2.44. The molecule has 136 valence electrons. The van der Waals surface area contributed by atoms with Crippen LogP contribution in [0.1, 0.15) is 60.3 Å². The number of carbonyl (C=O) groups excluding carboxylic acids is 2. The van der Waals surface area contributed by atoms with Gasteiger partial charge in [-0.1, -0.05) is 34.9 Å². The smallest absolute Gasteiger partial charge is 0.267 e. The van der Waals surface area contributed by atoms with Crippen LogP contribution in [-0.2, 0) is 9.59 Å². The van der Waals surface area contributed by atoms with Crippen LogP contribution >= 0.6 is 0 Å². The van der Waals surface area contributed by atoms with Crippen molar-refractivity contribution in [1.29, 1.82) is 0 Å². The van der Waals surface area contributed by atoms with Gasteiger partial charge in [-0.15, -0.1) is 0 Å². The Morgan fingerprint density at radius 1 is 0.760 bits per heavy atom. The van der Waals surface area contributed by atoms with Crippen LogP contribution in [0.2, 0.25) is 0 Å². The minimum atomic E-state index is -0.944. The van der Waals surface area contributed by atoms with Crippen LogP contribution in [-0.4, -0.2) is 21.8 Å². The monoisotopic (exact) mass is 344 g/mol. The molecule has 0 saturated carbocycles. The Kier molecular flexibility index (Phi) is 7.62. The molecular formula is C21H28O4. The molecule has 0 spiro atoms. The van der Waals surface area contributed by atoms with E-state index >= 15 is 0 Å². The molecule has 0 aliphatic heterocycles. The van der Waals surface area contributed by atoms with Gasteiger partial charge in [0.2, 0.25) is 5.78 Å². The highest BCUT2D eigenvalue weighted by Crippen LogP contribution is 2.29. The van der Waals surface area contributed by atoms with Crippen molar-refractivity contribution in [2.45, 2.75) is 60.3 Å². The van der Waals surface area contributed by atoms with Crippen molar-refractivity contribution in [2.75, 3.05) is 0 Å². The number of rotatable bonds is 7. The molecule has 1 aliphatic rings. The van der Waals surface area contributed by atoms with Gasteiger partial charge in [-0.25, -0.2) is 0 Å². The quantitative estimate of drug-likeness (QED) is 0.378. The second-order valence-corrected chi connectivity index (χ2v) is 6.87. The Morgan fingerprint density at radius 2 is 1.32 bits per heavy atom. The molecular weight excluding hydrogens is 316 g/mol. The fraction of sp³-hybridized carbons (Fsp3) is 0.429. The predicted molar refractivity (Wildman–Crippen MR) is 100 cm³/mol. The molecule has 0 heterocycles. The first-order chi connectivity index (χ1) is 11.6. The van der Waals surface area contributed by atoms with Gasteiger partial charge in [0.1, 0.15) is 5.76 Å². The maximum atomic E-state index is 12.0. The zero-order chi connectivity index (χ0) is 19.1. The summed E-state index contributed by atoms with van der Waals surface area (Å²) in [4.78, 5) is 24.0. The second-order valence-electron chi connectivity index (χ2n) is 6.87. The Hall–Kier alpha value is -2.36. The summed E-state index contributed by atoms with van der Waals surface area (Å²) < 4.78 is 0. The summed E-state index contributed by atoms with van der Waals surface area (Å²) in [6.45, 7) is 9.81. The number of allylic oxidation sites excluding steroid dienone is 9. The number of ketones is 2. The average Bonchev–Trinajstić information content (AvgIpc) is 2.52. The molecule has 4 heteroatoms. The molecule has 0 bridgehead atoms. The Labute approximate surface area is 149 Å². The van der Waals surface area contributed by atoms with Gasteiger partial charge in [0.25, 0.3) is 5.78 Å². The van der Waals surface area contributed by atoms with Crippen molar-refractivity contribution in [3.63, 3.8) is 0 Å². The average molecular weight is 344 g/mol. The van der Waals surface area contributed by atoms with Gasteiger partial charge in [-0.05, 0) is 60.3 Å². The molecule has 0 aromatic heterocycles. The van der Waals surface area contributed by atoms with Crippen molar-refractivity contribution < 1.29 is 19.8 Å². The van der Waals surface area contributed by atoms with E-state index < -0.39 is 17.3 Å². The fourth-order valence-electron chi connectivity index (χ4n) is 2.44. The van der Waals surface area contributed by atoms with E-state index in [2.05, 4.69) is 6.08 Å². The van der Waals surface area contributed by atoms with Gasteiger partial charge in [-0.2, -0.15) is 0 Å². The lowest BCUT2D eigenvalue weighted by atomic mass is 9.89. The number of aliphatic hydroxyl groups is 2. The third-order valence-electron chi connectivity index (χ3n) is 4.01. The molecule has 0 unspecified atom stereocenters. The van der Waals surface area contributed by atoms with E-state index in [-0.39, 0.29) is 29.7 Å². The van der Waals surface area contributed by atoms with Crippen molar-refractivity contribution >= 4 is 11.6 Å². The first kappa shape index (κ1) is 20.7. The predicted octanol–water partition coefficient (Wildman–Crippen LogP) is 5.20. The number of hydrogen-bond donors (Lipinski definition) is 2. The number of Topliss-reactive ketones (excluding diaryl/α,β-unsaturated/α-hetero) is 2. The Morgan fingerprint density at radius 3 is 1.88 bits per heavy atom. The standard InChI is InChI=1S/C21H28O4/c1-13(2)7-6-8-15(5)10-12-17-18(22)16(11-9-14(3)4)19(23)21(25)20(17)24/h7,9-10,22,24H,6,8,11-12H2,1-5H3/b15-10+. The summed E-state index contributed by atoms with van der Waals surface area (Å²) in [5, 5.41) is 20.4. The van der Waals surface area contributed by atoms with Gasteiger partial charge >= 0.3 is 0 Å². The molecule has 0 atom stereocenters. The van der Waals surface area contributed by atoms with Crippen LogP contribution in [0.25, 0.3) is 0 Å². The number of aliphatic hydroxyl groups excluding tert-OH is 2.